The molecule has 0 bridgehead atoms. The van der Waals surface area contributed by atoms with Crippen molar-refractivity contribution in [2.24, 2.45) is 5.92 Å². The fourth-order valence-corrected chi connectivity index (χ4v) is 1.72. The third-order valence-corrected chi connectivity index (χ3v) is 2.85. The lowest BCUT2D eigenvalue weighted by atomic mass is 9.93. The first-order chi connectivity index (χ1) is 8.02. The molecule has 2 nitrogen and oxygen atoms in total. The van der Waals surface area contributed by atoms with Crippen molar-refractivity contribution in [3.8, 4) is 0 Å². The summed E-state index contributed by atoms with van der Waals surface area (Å²) >= 11 is 5.51. The summed E-state index contributed by atoms with van der Waals surface area (Å²) in [6.07, 6.45) is 0.671. The second-order valence-electron chi connectivity index (χ2n) is 4.03. The molecule has 4 heteroatoms. The van der Waals surface area contributed by atoms with Crippen LogP contribution in [0.2, 0.25) is 0 Å². The van der Waals surface area contributed by atoms with Gasteiger partial charge in [0.05, 0.1) is 5.92 Å². The highest BCUT2D eigenvalue weighted by atomic mass is 35.5. The minimum atomic E-state index is -0.896. The van der Waals surface area contributed by atoms with Crippen molar-refractivity contribution in [2.45, 2.75) is 19.8 Å². The maximum atomic E-state index is 13.0. The number of hydrogen-bond acceptors (Lipinski definition) is 1. The zero-order chi connectivity index (χ0) is 12.8. The SMILES string of the molecule is C/C(=C/Cl)CC(Cc1cccc(F)c1)C(=O)O. The minimum Gasteiger partial charge on any atom is -0.481 e. The van der Waals surface area contributed by atoms with Gasteiger partial charge in [-0.25, -0.2) is 4.39 Å². The molecule has 0 saturated heterocycles. The molecule has 0 heterocycles. The first kappa shape index (κ1) is 13.7. The lowest BCUT2D eigenvalue weighted by Crippen LogP contribution is -2.17. The summed E-state index contributed by atoms with van der Waals surface area (Å²) in [5, 5.41) is 9.08. The van der Waals surface area contributed by atoms with Crippen molar-refractivity contribution in [1.82, 2.24) is 0 Å². The number of benzene rings is 1. The topological polar surface area (TPSA) is 37.3 Å². The Kier molecular flexibility index (Phi) is 5.16. The van der Waals surface area contributed by atoms with Gasteiger partial charge in [0.15, 0.2) is 0 Å². The molecule has 1 aromatic rings. The molecule has 92 valence electrons. The summed E-state index contributed by atoms with van der Waals surface area (Å²) in [5.41, 5.74) is 2.86. The van der Waals surface area contributed by atoms with E-state index in [1.807, 2.05) is 0 Å². The van der Waals surface area contributed by atoms with Crippen LogP contribution in [0.25, 0.3) is 0 Å². The molecule has 0 fully saturated rings. The van der Waals surface area contributed by atoms with Crippen LogP contribution in [0.3, 0.4) is 0 Å². The minimum absolute atomic E-state index is 0.301. The predicted molar refractivity (Wildman–Crippen MR) is 65.5 cm³/mol. The molecule has 0 amide bonds. The van der Waals surface area contributed by atoms with Gasteiger partial charge in [-0.2, -0.15) is 0 Å². The van der Waals surface area contributed by atoms with Crippen molar-refractivity contribution in [3.63, 3.8) is 0 Å². The summed E-state index contributed by atoms with van der Waals surface area (Å²) in [5.74, 6) is -1.82. The Morgan fingerprint density at radius 1 is 1.59 bits per heavy atom. The molecule has 0 saturated carbocycles. The van der Waals surface area contributed by atoms with Crippen LogP contribution >= 0.6 is 11.6 Å². The molecule has 1 rings (SSSR count). The van der Waals surface area contributed by atoms with E-state index >= 15 is 0 Å². The quantitative estimate of drug-likeness (QED) is 0.874. The van der Waals surface area contributed by atoms with Gasteiger partial charge in [-0.1, -0.05) is 29.3 Å². The van der Waals surface area contributed by atoms with Crippen LogP contribution in [0.4, 0.5) is 4.39 Å². The van der Waals surface area contributed by atoms with Gasteiger partial charge < -0.3 is 5.11 Å². The van der Waals surface area contributed by atoms with E-state index in [2.05, 4.69) is 0 Å². The molecule has 0 aliphatic carbocycles. The Morgan fingerprint density at radius 2 is 2.29 bits per heavy atom. The molecule has 0 radical (unpaired) electrons. The van der Waals surface area contributed by atoms with Crippen molar-refractivity contribution in [3.05, 3.63) is 46.8 Å². The van der Waals surface area contributed by atoms with Gasteiger partial charge >= 0.3 is 5.97 Å². The van der Waals surface area contributed by atoms with Gasteiger partial charge in [-0.3, -0.25) is 4.79 Å². The fourth-order valence-electron chi connectivity index (χ4n) is 1.63. The van der Waals surface area contributed by atoms with Crippen molar-refractivity contribution in [1.29, 1.82) is 0 Å². The third kappa shape index (κ3) is 4.57. The molecular formula is C13H14ClFO2. The number of carboxylic acids is 1. The normalized spacial score (nSPS) is 13.5. The van der Waals surface area contributed by atoms with Gasteiger partial charge in [0.2, 0.25) is 0 Å². The summed E-state index contributed by atoms with van der Waals surface area (Å²) in [4.78, 5) is 11.1. The van der Waals surface area contributed by atoms with E-state index in [1.54, 1.807) is 19.1 Å². The van der Waals surface area contributed by atoms with E-state index in [9.17, 15) is 9.18 Å². The number of allylic oxidation sites excluding steroid dienone is 1. The number of carboxylic acid groups (broad SMARTS) is 1. The van der Waals surface area contributed by atoms with Gasteiger partial charge in [-0.05, 0) is 37.5 Å². The molecular weight excluding hydrogens is 243 g/mol. The Balaban J connectivity index is 2.77. The molecule has 1 atom stereocenters. The number of hydrogen-bond donors (Lipinski definition) is 1. The Hall–Kier alpha value is -1.35. The average molecular weight is 257 g/mol. The van der Waals surface area contributed by atoms with Gasteiger partial charge in [0.1, 0.15) is 5.82 Å². The Morgan fingerprint density at radius 3 is 2.82 bits per heavy atom. The number of halogens is 2. The lowest BCUT2D eigenvalue weighted by molar-refractivity contribution is -0.141. The highest BCUT2D eigenvalue weighted by Crippen LogP contribution is 2.18. The summed E-state index contributed by atoms with van der Waals surface area (Å²) in [6.45, 7) is 1.77. The first-order valence-electron chi connectivity index (χ1n) is 5.26. The lowest BCUT2D eigenvalue weighted by Gasteiger charge is -2.12. The molecule has 0 aromatic heterocycles. The monoisotopic (exact) mass is 256 g/mol. The summed E-state index contributed by atoms with van der Waals surface area (Å²) in [6, 6.07) is 5.99. The zero-order valence-corrected chi connectivity index (χ0v) is 10.2. The molecule has 17 heavy (non-hydrogen) atoms. The molecule has 0 aliphatic heterocycles. The second kappa shape index (κ2) is 6.40. The highest BCUT2D eigenvalue weighted by molar-refractivity contribution is 6.25. The predicted octanol–water partition coefficient (Wildman–Crippen LogP) is 3.60. The van der Waals surface area contributed by atoms with E-state index < -0.39 is 11.9 Å². The molecule has 0 aliphatic rings. The van der Waals surface area contributed by atoms with Crippen LogP contribution in [-0.2, 0) is 11.2 Å². The van der Waals surface area contributed by atoms with Gasteiger partial charge in [0.25, 0.3) is 0 Å². The zero-order valence-electron chi connectivity index (χ0n) is 9.49. The smallest absolute Gasteiger partial charge is 0.307 e. The second-order valence-corrected chi connectivity index (χ2v) is 4.25. The Labute approximate surface area is 105 Å². The van der Waals surface area contributed by atoms with Crippen LogP contribution in [0, 0.1) is 11.7 Å². The van der Waals surface area contributed by atoms with Gasteiger partial charge in [-0.15, -0.1) is 0 Å². The van der Waals surface area contributed by atoms with Crippen molar-refractivity contribution in [2.75, 3.05) is 0 Å². The summed E-state index contributed by atoms with van der Waals surface area (Å²) in [7, 11) is 0. The fraction of sp³-hybridized carbons (Fsp3) is 0.308. The largest absolute Gasteiger partial charge is 0.481 e. The van der Waals surface area contributed by atoms with Crippen molar-refractivity contribution < 1.29 is 14.3 Å². The Bertz CT molecular complexity index is 429. The maximum Gasteiger partial charge on any atom is 0.307 e. The highest BCUT2D eigenvalue weighted by Gasteiger charge is 2.18. The number of carbonyl (C=O) groups is 1. The number of aliphatic carboxylic acids is 1. The summed E-state index contributed by atoms with van der Waals surface area (Å²) < 4.78 is 13.0. The van der Waals surface area contributed by atoms with E-state index in [0.717, 1.165) is 5.57 Å². The van der Waals surface area contributed by atoms with Crippen LogP contribution in [0.5, 0.6) is 0 Å². The molecule has 1 aromatic carbocycles. The first-order valence-corrected chi connectivity index (χ1v) is 5.69. The van der Waals surface area contributed by atoms with E-state index in [-0.39, 0.29) is 5.82 Å². The van der Waals surface area contributed by atoms with E-state index in [1.165, 1.54) is 17.7 Å². The molecule has 0 spiro atoms. The van der Waals surface area contributed by atoms with Crippen LogP contribution in [-0.4, -0.2) is 11.1 Å². The molecule has 1 unspecified atom stereocenters. The van der Waals surface area contributed by atoms with E-state index in [4.69, 9.17) is 16.7 Å². The standard InChI is InChI=1S/C13H14ClFO2/c1-9(8-14)5-11(13(16)17)6-10-3-2-4-12(15)7-10/h2-4,7-8,11H,5-6H2,1H3,(H,16,17)/b9-8-. The third-order valence-electron chi connectivity index (χ3n) is 2.48. The number of rotatable bonds is 5. The van der Waals surface area contributed by atoms with Crippen LogP contribution in [0.15, 0.2) is 35.4 Å². The van der Waals surface area contributed by atoms with Crippen molar-refractivity contribution >= 4 is 17.6 Å². The average Bonchev–Trinajstić information content (AvgIpc) is 2.27. The van der Waals surface area contributed by atoms with Gasteiger partial charge in [0, 0.05) is 5.54 Å². The van der Waals surface area contributed by atoms with Crippen LogP contribution < -0.4 is 0 Å². The van der Waals surface area contributed by atoms with E-state index in [0.29, 0.717) is 18.4 Å². The maximum absolute atomic E-state index is 13.0. The van der Waals surface area contributed by atoms with Crippen LogP contribution in [0.1, 0.15) is 18.9 Å². The molecule has 1 N–H and O–H groups in total.